The molecule has 0 radical (unpaired) electrons. The molecule has 0 amide bonds. The van der Waals surface area contributed by atoms with Crippen molar-refractivity contribution in [1.29, 1.82) is 0 Å². The number of fused-ring (bicyclic) bond motifs is 3. The van der Waals surface area contributed by atoms with E-state index >= 15 is 0 Å². The lowest BCUT2D eigenvalue weighted by Crippen LogP contribution is -2.44. The molecule has 0 unspecified atom stereocenters. The van der Waals surface area contributed by atoms with Crippen LogP contribution in [0.25, 0.3) is 33.7 Å². The maximum absolute atomic E-state index is 6.02. The Labute approximate surface area is 175 Å². The minimum atomic E-state index is 0.534. The van der Waals surface area contributed by atoms with Gasteiger partial charge in [0.1, 0.15) is 11.0 Å². The van der Waals surface area contributed by atoms with Gasteiger partial charge in [-0.15, -0.1) is 0 Å². The number of oxazole rings is 1. The van der Waals surface area contributed by atoms with Crippen LogP contribution in [0.2, 0.25) is 0 Å². The first-order valence-corrected chi connectivity index (χ1v) is 10.5. The Bertz CT molecular complexity index is 1140. The fourth-order valence-corrected chi connectivity index (χ4v) is 3.99. The van der Waals surface area contributed by atoms with E-state index in [-0.39, 0.29) is 0 Å². The third-order valence-corrected chi connectivity index (χ3v) is 5.77. The molecule has 8 heteroatoms. The zero-order valence-corrected chi connectivity index (χ0v) is 17.5. The largest absolute Gasteiger partial charge is 0.418 e. The lowest BCUT2D eigenvalue weighted by atomic mass is 10.2. The second-order valence-electron chi connectivity index (χ2n) is 7.98. The normalized spacial score (nSPS) is 15.9. The Balaban J connectivity index is 1.37. The van der Waals surface area contributed by atoms with Crippen molar-refractivity contribution in [2.75, 3.05) is 51.6 Å². The smallest absolute Gasteiger partial charge is 0.251 e. The van der Waals surface area contributed by atoms with Crippen molar-refractivity contribution in [2.45, 2.75) is 6.42 Å². The van der Waals surface area contributed by atoms with Crippen LogP contribution in [0.15, 0.2) is 41.1 Å². The summed E-state index contributed by atoms with van der Waals surface area (Å²) < 4.78 is 8.00. The first-order valence-electron chi connectivity index (χ1n) is 10.5. The molecule has 0 aliphatic carbocycles. The van der Waals surface area contributed by atoms with Gasteiger partial charge in [0.2, 0.25) is 5.89 Å². The Morgan fingerprint density at radius 3 is 2.60 bits per heavy atom. The molecule has 4 heterocycles. The molecule has 0 saturated carbocycles. The molecule has 0 atom stereocenters. The fourth-order valence-electron chi connectivity index (χ4n) is 3.99. The van der Waals surface area contributed by atoms with Crippen molar-refractivity contribution in [3.63, 3.8) is 0 Å². The quantitative estimate of drug-likeness (QED) is 0.494. The van der Waals surface area contributed by atoms with Gasteiger partial charge in [-0.05, 0) is 32.1 Å². The summed E-state index contributed by atoms with van der Waals surface area (Å²) in [6, 6.07) is 9.91. The number of nitrogens with one attached hydrogen (secondary N) is 1. The number of aryl methyl sites for hydroxylation is 1. The molecule has 1 saturated heterocycles. The lowest BCUT2D eigenvalue weighted by Gasteiger charge is -2.32. The van der Waals surface area contributed by atoms with Gasteiger partial charge in [-0.25, -0.2) is 9.97 Å². The van der Waals surface area contributed by atoms with E-state index in [1.165, 1.54) is 0 Å². The molecule has 156 valence electrons. The van der Waals surface area contributed by atoms with Gasteiger partial charge < -0.3 is 24.1 Å². The summed E-state index contributed by atoms with van der Waals surface area (Å²) in [6.45, 7) is 6.52. The Hall–Kier alpha value is -2.97. The monoisotopic (exact) mass is 405 g/mol. The minimum absolute atomic E-state index is 0.534. The summed E-state index contributed by atoms with van der Waals surface area (Å²) in [6.07, 6.45) is 2.86. The highest BCUT2D eigenvalue weighted by atomic mass is 16.4. The number of hydrogen-bond acceptors (Lipinski definition) is 7. The van der Waals surface area contributed by atoms with Gasteiger partial charge in [0, 0.05) is 45.3 Å². The summed E-state index contributed by atoms with van der Waals surface area (Å²) in [5.74, 6) is 1.33. The highest BCUT2D eigenvalue weighted by Crippen LogP contribution is 2.31. The number of aromatic nitrogens is 4. The van der Waals surface area contributed by atoms with Crippen LogP contribution in [0.4, 0.5) is 5.82 Å². The summed E-state index contributed by atoms with van der Waals surface area (Å²) in [5.41, 5.74) is 3.98. The number of anilines is 1. The SMILES string of the molecule is CN1CCN(CCCNc2nc3oc(-c4ccccc4)nc3c3c2ncn3C)CC1. The Morgan fingerprint density at radius 1 is 1.00 bits per heavy atom. The van der Waals surface area contributed by atoms with Gasteiger partial charge >= 0.3 is 0 Å². The van der Waals surface area contributed by atoms with Gasteiger partial charge in [0.05, 0.1) is 6.33 Å². The zero-order chi connectivity index (χ0) is 20.5. The van der Waals surface area contributed by atoms with Crippen molar-refractivity contribution < 1.29 is 4.42 Å². The molecule has 1 fully saturated rings. The van der Waals surface area contributed by atoms with Crippen LogP contribution in [0, 0.1) is 0 Å². The highest BCUT2D eigenvalue weighted by molar-refractivity contribution is 6.03. The molecule has 5 rings (SSSR count). The maximum atomic E-state index is 6.02. The van der Waals surface area contributed by atoms with Crippen molar-refractivity contribution in [2.24, 2.45) is 7.05 Å². The average Bonchev–Trinajstić information content (AvgIpc) is 3.37. The molecule has 0 bridgehead atoms. The van der Waals surface area contributed by atoms with Crippen LogP contribution >= 0.6 is 0 Å². The van der Waals surface area contributed by atoms with Crippen molar-refractivity contribution in [3.05, 3.63) is 36.7 Å². The van der Waals surface area contributed by atoms with Crippen molar-refractivity contribution in [1.82, 2.24) is 29.3 Å². The molecule has 1 N–H and O–H groups in total. The van der Waals surface area contributed by atoms with Crippen LogP contribution < -0.4 is 5.32 Å². The molecule has 3 aromatic heterocycles. The predicted octanol–water partition coefficient (Wildman–Crippen LogP) is 2.83. The van der Waals surface area contributed by atoms with E-state index in [2.05, 4.69) is 27.1 Å². The van der Waals surface area contributed by atoms with Crippen LogP contribution in [-0.4, -0.2) is 75.6 Å². The molecule has 4 aromatic rings. The number of piperazine rings is 1. The molecule has 1 aromatic carbocycles. The fraction of sp³-hybridized carbons (Fsp3) is 0.409. The minimum Gasteiger partial charge on any atom is -0.418 e. The van der Waals surface area contributed by atoms with Gasteiger partial charge in [0.15, 0.2) is 11.3 Å². The Kier molecular flexibility index (Phi) is 5.10. The van der Waals surface area contributed by atoms with E-state index in [1.807, 2.05) is 41.9 Å². The second kappa shape index (κ2) is 8.04. The number of rotatable bonds is 6. The molecule has 1 aliphatic rings. The highest BCUT2D eigenvalue weighted by Gasteiger charge is 2.19. The third-order valence-electron chi connectivity index (χ3n) is 5.77. The molecule has 1 aliphatic heterocycles. The van der Waals surface area contributed by atoms with Gasteiger partial charge in [-0.1, -0.05) is 18.2 Å². The number of imidazole rings is 1. The molecule has 30 heavy (non-hydrogen) atoms. The van der Waals surface area contributed by atoms with Crippen LogP contribution in [0.1, 0.15) is 6.42 Å². The standard InChI is InChI=1S/C22H27N7O/c1-27-11-13-29(14-12-27)10-6-9-23-20-17-19(28(2)15-24-17)18-22(26-20)30-21(25-18)16-7-4-3-5-8-16/h3-5,7-8,15H,6,9-14H2,1-2H3,(H,23,26). The summed E-state index contributed by atoms with van der Waals surface area (Å²) in [4.78, 5) is 18.9. The van der Waals surface area contributed by atoms with E-state index in [4.69, 9.17) is 14.4 Å². The van der Waals surface area contributed by atoms with Gasteiger partial charge in [-0.2, -0.15) is 4.98 Å². The lowest BCUT2D eigenvalue weighted by molar-refractivity contribution is 0.154. The first kappa shape index (κ1) is 19.0. The molecular formula is C22H27N7O. The van der Waals surface area contributed by atoms with Crippen molar-refractivity contribution >= 4 is 28.1 Å². The second-order valence-corrected chi connectivity index (χ2v) is 7.98. The summed E-state index contributed by atoms with van der Waals surface area (Å²) >= 11 is 0. The van der Waals surface area contributed by atoms with E-state index in [9.17, 15) is 0 Å². The predicted molar refractivity (Wildman–Crippen MR) is 119 cm³/mol. The van der Waals surface area contributed by atoms with E-state index < -0.39 is 0 Å². The van der Waals surface area contributed by atoms with Gasteiger partial charge in [-0.3, -0.25) is 0 Å². The number of hydrogen-bond donors (Lipinski definition) is 1. The van der Waals surface area contributed by atoms with E-state index in [0.717, 1.165) is 73.6 Å². The first-order chi connectivity index (χ1) is 14.7. The summed E-state index contributed by atoms with van der Waals surface area (Å²) in [7, 11) is 4.16. The van der Waals surface area contributed by atoms with Crippen LogP contribution in [0.3, 0.4) is 0 Å². The van der Waals surface area contributed by atoms with E-state index in [0.29, 0.717) is 11.6 Å². The zero-order valence-electron chi connectivity index (χ0n) is 17.5. The van der Waals surface area contributed by atoms with Crippen LogP contribution in [-0.2, 0) is 7.05 Å². The topological polar surface area (TPSA) is 75.2 Å². The molecule has 8 nitrogen and oxygen atoms in total. The molecular weight excluding hydrogens is 378 g/mol. The Morgan fingerprint density at radius 2 is 1.80 bits per heavy atom. The number of benzene rings is 1. The number of pyridine rings is 1. The van der Waals surface area contributed by atoms with Crippen LogP contribution in [0.5, 0.6) is 0 Å². The maximum Gasteiger partial charge on any atom is 0.251 e. The van der Waals surface area contributed by atoms with Crippen molar-refractivity contribution in [3.8, 4) is 11.5 Å². The summed E-state index contributed by atoms with van der Waals surface area (Å²) in [5, 5.41) is 3.48. The van der Waals surface area contributed by atoms with E-state index in [1.54, 1.807) is 6.33 Å². The molecule has 0 spiro atoms. The number of nitrogens with zero attached hydrogens (tertiary/aromatic N) is 6. The average molecular weight is 406 g/mol. The van der Waals surface area contributed by atoms with Gasteiger partial charge in [0.25, 0.3) is 5.71 Å². The third kappa shape index (κ3) is 3.64. The number of likely N-dealkylation sites (N-methyl/N-ethyl adjacent to an activating group) is 1.